The Morgan fingerprint density at radius 1 is 1.08 bits per heavy atom. The lowest BCUT2D eigenvalue weighted by atomic mass is 9.87. The van der Waals surface area contributed by atoms with Gasteiger partial charge in [-0.05, 0) is 59.7 Å². The van der Waals surface area contributed by atoms with E-state index in [1.54, 1.807) is 24.3 Å². The first-order chi connectivity index (χ1) is 17.6. The highest BCUT2D eigenvalue weighted by atomic mass is 35.5. The van der Waals surface area contributed by atoms with Gasteiger partial charge in [0.25, 0.3) is 5.91 Å². The average Bonchev–Trinajstić information content (AvgIpc) is 2.78. The number of hydrogen-bond donors (Lipinski definition) is 4. The van der Waals surface area contributed by atoms with Crippen molar-refractivity contribution in [1.29, 1.82) is 0 Å². The van der Waals surface area contributed by atoms with Gasteiger partial charge in [-0.15, -0.1) is 0 Å². The molecule has 2 aromatic carbocycles. The van der Waals surface area contributed by atoms with Gasteiger partial charge >= 0.3 is 5.97 Å². The van der Waals surface area contributed by atoms with Gasteiger partial charge in [0.05, 0.1) is 4.90 Å². The molecule has 0 aliphatic carbocycles. The van der Waals surface area contributed by atoms with Crippen LogP contribution < -0.4 is 16.9 Å². The lowest BCUT2D eigenvalue weighted by Gasteiger charge is -2.29. The van der Waals surface area contributed by atoms with E-state index < -0.39 is 33.5 Å². The first-order valence-electron chi connectivity index (χ1n) is 11.7. The molecule has 0 saturated heterocycles. The summed E-state index contributed by atoms with van der Waals surface area (Å²) in [7, 11) is -4.08. The number of carboxylic acids is 1. The molecule has 0 aliphatic rings. The van der Waals surface area contributed by atoms with E-state index in [-0.39, 0.29) is 42.2 Å². The summed E-state index contributed by atoms with van der Waals surface area (Å²) in [5, 5.41) is 11.4. The molecule has 0 bridgehead atoms. The van der Waals surface area contributed by atoms with E-state index in [1.807, 2.05) is 20.8 Å². The number of nitrogens with one attached hydrogen (secondary N) is 1. The maximum Gasteiger partial charge on any atom is 0.328 e. The van der Waals surface area contributed by atoms with Gasteiger partial charge in [-0.25, -0.2) is 18.6 Å². The van der Waals surface area contributed by atoms with Crippen molar-refractivity contribution < 1.29 is 23.1 Å². The number of guanidine groups is 1. The van der Waals surface area contributed by atoms with Gasteiger partial charge < -0.3 is 16.6 Å². The first kappa shape index (κ1) is 31.4. The number of nitrogens with zero attached hydrogens (tertiary/aromatic N) is 2. The Morgan fingerprint density at radius 2 is 1.66 bits per heavy atom. The summed E-state index contributed by atoms with van der Waals surface area (Å²) in [6.07, 6.45) is 0.186. The third-order valence-corrected chi connectivity index (χ3v) is 7.62. The molecule has 0 heterocycles. The number of carboxylic acid groups (broad SMARTS) is 1. The van der Waals surface area contributed by atoms with E-state index >= 15 is 0 Å². The monoisotopic (exact) mass is 585 g/mol. The SMILES string of the molecule is CC(C)(C)c1ccc(S(=O)(=O)CC(=O)N(NCc2cc(Cl)cc(Cl)c2)[C@@H](CCCN=C(N)N)C(=O)O)cc1. The van der Waals surface area contributed by atoms with Crippen molar-refractivity contribution in [3.8, 4) is 0 Å². The highest BCUT2D eigenvalue weighted by Crippen LogP contribution is 2.24. The molecule has 0 saturated carbocycles. The number of halogens is 2. The minimum absolute atomic E-state index is 0.0377. The van der Waals surface area contributed by atoms with Crippen molar-refractivity contribution in [3.63, 3.8) is 0 Å². The van der Waals surface area contributed by atoms with Gasteiger partial charge in [0.2, 0.25) is 0 Å². The van der Waals surface area contributed by atoms with E-state index in [4.69, 9.17) is 34.7 Å². The summed E-state index contributed by atoms with van der Waals surface area (Å²) in [6, 6.07) is 9.58. The number of aliphatic carboxylic acids is 1. The number of hydrogen-bond acceptors (Lipinski definition) is 6. The predicted octanol–water partition coefficient (Wildman–Crippen LogP) is 3.10. The smallest absolute Gasteiger partial charge is 0.328 e. The van der Waals surface area contributed by atoms with Crippen LogP contribution in [0.3, 0.4) is 0 Å². The van der Waals surface area contributed by atoms with Crippen LogP contribution in [-0.2, 0) is 31.4 Å². The Kier molecular flexibility index (Phi) is 11.0. The van der Waals surface area contributed by atoms with Crippen molar-refractivity contribution in [3.05, 3.63) is 63.6 Å². The zero-order valence-electron chi connectivity index (χ0n) is 21.4. The molecule has 0 aliphatic heterocycles. The van der Waals surface area contributed by atoms with E-state index in [9.17, 15) is 23.1 Å². The summed E-state index contributed by atoms with van der Waals surface area (Å²) in [4.78, 5) is 29.2. The third kappa shape index (κ3) is 9.46. The van der Waals surface area contributed by atoms with Crippen molar-refractivity contribution in [1.82, 2.24) is 10.4 Å². The highest BCUT2D eigenvalue weighted by Gasteiger charge is 2.33. The summed E-state index contributed by atoms with van der Waals surface area (Å²) >= 11 is 12.1. The Labute approximate surface area is 232 Å². The van der Waals surface area contributed by atoms with E-state index in [0.29, 0.717) is 15.6 Å². The number of hydrazine groups is 1. The number of rotatable bonds is 12. The van der Waals surface area contributed by atoms with E-state index in [0.717, 1.165) is 10.6 Å². The molecule has 1 atom stereocenters. The molecule has 13 heteroatoms. The average molecular weight is 587 g/mol. The summed E-state index contributed by atoms with van der Waals surface area (Å²) in [5.74, 6) is -3.36. The van der Waals surface area contributed by atoms with Gasteiger partial charge in [-0.2, -0.15) is 0 Å². The molecule has 6 N–H and O–H groups in total. The molecule has 10 nitrogen and oxygen atoms in total. The molecule has 0 spiro atoms. The lowest BCUT2D eigenvalue weighted by molar-refractivity contribution is -0.152. The Hall–Kier alpha value is -2.86. The predicted molar refractivity (Wildman–Crippen MR) is 149 cm³/mol. The van der Waals surface area contributed by atoms with Crippen LogP contribution in [0.5, 0.6) is 0 Å². The van der Waals surface area contributed by atoms with Crippen LogP contribution in [-0.4, -0.2) is 54.7 Å². The number of benzene rings is 2. The van der Waals surface area contributed by atoms with Gasteiger partial charge in [0, 0.05) is 23.1 Å². The van der Waals surface area contributed by atoms with Crippen LogP contribution in [0.4, 0.5) is 0 Å². The fourth-order valence-electron chi connectivity index (χ4n) is 3.60. The summed E-state index contributed by atoms with van der Waals surface area (Å²) in [6.45, 7) is 6.09. The van der Waals surface area contributed by atoms with Crippen molar-refractivity contribution >= 4 is 50.9 Å². The number of sulfone groups is 1. The Balaban J connectivity index is 2.32. The van der Waals surface area contributed by atoms with Crippen LogP contribution in [0.15, 0.2) is 52.4 Å². The molecule has 0 unspecified atom stereocenters. The van der Waals surface area contributed by atoms with Crippen molar-refractivity contribution in [2.24, 2.45) is 16.5 Å². The molecule has 2 aromatic rings. The van der Waals surface area contributed by atoms with Crippen LogP contribution in [0.2, 0.25) is 10.0 Å². The largest absolute Gasteiger partial charge is 0.480 e. The molecular weight excluding hydrogens is 553 g/mol. The number of amides is 1. The standard InChI is InChI=1S/C25H33Cl2N5O5S/c1-25(2,3)17-6-8-20(9-7-17)38(36,37)15-22(33)32(21(23(34)35)5-4-10-30-24(28)29)31-14-16-11-18(26)13-19(27)12-16/h6-9,11-13,21,31H,4-5,10,14-15H2,1-3H3,(H,34,35)(H4,28,29,30)/t21-/m0/s1. The molecule has 2 rings (SSSR count). The summed E-state index contributed by atoms with van der Waals surface area (Å²) < 4.78 is 26.2. The third-order valence-electron chi connectivity index (χ3n) is 5.56. The Bertz CT molecular complexity index is 1250. The van der Waals surface area contributed by atoms with Crippen LogP contribution >= 0.6 is 23.2 Å². The molecule has 38 heavy (non-hydrogen) atoms. The topological polar surface area (TPSA) is 168 Å². The molecule has 1 amide bonds. The minimum Gasteiger partial charge on any atom is -0.480 e. The quantitative estimate of drug-likeness (QED) is 0.127. The van der Waals surface area contributed by atoms with Crippen LogP contribution in [0.25, 0.3) is 0 Å². The number of carbonyl (C=O) groups excluding carboxylic acids is 1. The number of carbonyl (C=O) groups is 2. The lowest BCUT2D eigenvalue weighted by Crippen LogP contribution is -2.54. The molecule has 0 radical (unpaired) electrons. The van der Waals surface area contributed by atoms with Crippen molar-refractivity contribution in [2.75, 3.05) is 12.3 Å². The zero-order valence-corrected chi connectivity index (χ0v) is 23.8. The van der Waals surface area contributed by atoms with Crippen LogP contribution in [0.1, 0.15) is 44.7 Å². The molecular formula is C25H33Cl2N5O5S. The number of aliphatic imine (C=N–C) groups is 1. The van der Waals surface area contributed by atoms with Gasteiger partial charge in [0.1, 0.15) is 11.8 Å². The molecule has 208 valence electrons. The fraction of sp³-hybridized carbons (Fsp3) is 0.400. The van der Waals surface area contributed by atoms with E-state index in [2.05, 4.69) is 10.4 Å². The second-order valence-electron chi connectivity index (χ2n) is 9.71. The maximum absolute atomic E-state index is 13.3. The van der Waals surface area contributed by atoms with Gasteiger partial charge in [0.15, 0.2) is 15.8 Å². The first-order valence-corrected chi connectivity index (χ1v) is 14.1. The summed E-state index contributed by atoms with van der Waals surface area (Å²) in [5.41, 5.74) is 14.7. The zero-order chi connectivity index (χ0) is 28.7. The molecule has 0 aromatic heterocycles. The normalized spacial score (nSPS) is 12.6. The van der Waals surface area contributed by atoms with E-state index in [1.165, 1.54) is 18.2 Å². The molecule has 0 fully saturated rings. The minimum atomic E-state index is -4.08. The Morgan fingerprint density at radius 3 is 2.16 bits per heavy atom. The highest BCUT2D eigenvalue weighted by molar-refractivity contribution is 7.92. The van der Waals surface area contributed by atoms with Crippen LogP contribution in [0, 0.1) is 0 Å². The second kappa shape index (κ2) is 13.3. The van der Waals surface area contributed by atoms with Crippen molar-refractivity contribution in [2.45, 2.75) is 56.5 Å². The maximum atomic E-state index is 13.3. The fourth-order valence-corrected chi connectivity index (χ4v) is 5.35. The number of nitrogens with two attached hydrogens (primary N) is 2. The van der Waals surface area contributed by atoms with Gasteiger partial charge in [-0.3, -0.25) is 14.8 Å². The van der Waals surface area contributed by atoms with Gasteiger partial charge in [-0.1, -0.05) is 56.1 Å². The second-order valence-corrected chi connectivity index (χ2v) is 12.6.